The van der Waals surface area contributed by atoms with Crippen molar-refractivity contribution < 1.29 is 36.6 Å². The number of rotatable bonds is 5. The molecule has 0 bridgehead atoms. The SMILES string of the molecule is COC(=O)/C(C)=C/[C@@H]1[C@@H](C(=O)OCc2c(F)c(F)cc(F)c2F)C1(C)C. The summed E-state index contributed by atoms with van der Waals surface area (Å²) in [4.78, 5) is 23.7. The first-order valence-corrected chi connectivity index (χ1v) is 7.77. The van der Waals surface area contributed by atoms with Crippen molar-refractivity contribution in [1.82, 2.24) is 0 Å². The highest BCUT2D eigenvalue weighted by Crippen LogP contribution is 2.59. The van der Waals surface area contributed by atoms with Gasteiger partial charge in [0.15, 0.2) is 23.3 Å². The average molecular weight is 374 g/mol. The van der Waals surface area contributed by atoms with E-state index in [4.69, 9.17) is 4.74 Å². The van der Waals surface area contributed by atoms with Crippen LogP contribution in [-0.2, 0) is 25.7 Å². The third kappa shape index (κ3) is 3.59. The molecule has 8 heteroatoms. The lowest BCUT2D eigenvalue weighted by Gasteiger charge is -2.09. The van der Waals surface area contributed by atoms with Gasteiger partial charge in [0.1, 0.15) is 6.61 Å². The van der Waals surface area contributed by atoms with Crippen LogP contribution in [0, 0.1) is 40.5 Å². The van der Waals surface area contributed by atoms with Crippen LogP contribution in [0.5, 0.6) is 0 Å². The number of ether oxygens (including phenoxy) is 2. The van der Waals surface area contributed by atoms with E-state index in [1.165, 1.54) is 14.0 Å². The summed E-state index contributed by atoms with van der Waals surface area (Å²) in [5.74, 6) is -8.68. The molecular formula is C18H18F4O4. The maximum Gasteiger partial charge on any atom is 0.333 e. The molecule has 0 radical (unpaired) electrons. The summed E-state index contributed by atoms with van der Waals surface area (Å²) in [5.41, 5.74) is -1.23. The maximum absolute atomic E-state index is 13.6. The predicted molar refractivity (Wildman–Crippen MR) is 82.6 cm³/mol. The molecule has 0 saturated heterocycles. The van der Waals surface area contributed by atoms with Gasteiger partial charge in [-0.25, -0.2) is 22.4 Å². The normalized spacial score (nSPS) is 21.3. The van der Waals surface area contributed by atoms with Crippen molar-refractivity contribution in [3.63, 3.8) is 0 Å². The molecule has 0 amide bonds. The Hall–Kier alpha value is -2.38. The highest BCUT2D eigenvalue weighted by Gasteiger charge is 2.61. The summed E-state index contributed by atoms with van der Waals surface area (Å²) in [7, 11) is 1.23. The van der Waals surface area contributed by atoms with Crippen LogP contribution in [0.15, 0.2) is 17.7 Å². The minimum absolute atomic E-state index is 0.0798. The molecule has 2 atom stereocenters. The van der Waals surface area contributed by atoms with Gasteiger partial charge in [0.25, 0.3) is 0 Å². The number of halogens is 4. The molecule has 1 aromatic rings. The van der Waals surface area contributed by atoms with Crippen LogP contribution < -0.4 is 0 Å². The zero-order valence-electron chi connectivity index (χ0n) is 14.7. The number of methoxy groups -OCH3 is 1. The fourth-order valence-electron chi connectivity index (χ4n) is 2.92. The molecule has 1 aliphatic rings. The van der Waals surface area contributed by atoms with Crippen LogP contribution in [0.2, 0.25) is 0 Å². The number of hydrogen-bond donors (Lipinski definition) is 0. The van der Waals surface area contributed by atoms with E-state index in [0.29, 0.717) is 5.57 Å². The topological polar surface area (TPSA) is 52.6 Å². The molecule has 0 heterocycles. The molecule has 1 saturated carbocycles. The molecule has 26 heavy (non-hydrogen) atoms. The second kappa shape index (κ2) is 7.09. The number of carbonyl (C=O) groups is 2. The molecule has 1 aromatic carbocycles. The Bertz CT molecular complexity index is 760. The summed E-state index contributed by atoms with van der Waals surface area (Å²) in [6.45, 7) is 4.11. The molecule has 2 rings (SSSR count). The van der Waals surface area contributed by atoms with Crippen LogP contribution in [0.3, 0.4) is 0 Å². The van der Waals surface area contributed by atoms with Gasteiger partial charge >= 0.3 is 11.9 Å². The fraction of sp³-hybridized carbons (Fsp3) is 0.444. The minimum atomic E-state index is -1.61. The lowest BCUT2D eigenvalue weighted by molar-refractivity contribution is -0.147. The van der Waals surface area contributed by atoms with Crippen molar-refractivity contribution in [2.75, 3.05) is 7.11 Å². The molecule has 0 spiro atoms. The Kier molecular flexibility index (Phi) is 5.44. The number of esters is 2. The Balaban J connectivity index is 2.11. The quantitative estimate of drug-likeness (QED) is 0.342. The third-order valence-corrected chi connectivity index (χ3v) is 4.66. The smallest absolute Gasteiger partial charge is 0.333 e. The maximum atomic E-state index is 13.6. The lowest BCUT2D eigenvalue weighted by atomic mass is 10.1. The molecule has 1 fully saturated rings. The van der Waals surface area contributed by atoms with Crippen molar-refractivity contribution in [2.45, 2.75) is 27.4 Å². The highest BCUT2D eigenvalue weighted by molar-refractivity contribution is 5.88. The van der Waals surface area contributed by atoms with Gasteiger partial charge in [-0.05, 0) is 18.3 Å². The molecule has 0 unspecified atom stereocenters. The van der Waals surface area contributed by atoms with Crippen LogP contribution >= 0.6 is 0 Å². The summed E-state index contributed by atoms with van der Waals surface area (Å²) in [5, 5.41) is 0. The molecule has 0 aliphatic heterocycles. The van der Waals surface area contributed by atoms with Gasteiger partial charge in [-0.2, -0.15) is 0 Å². The van der Waals surface area contributed by atoms with Gasteiger partial charge in [-0.1, -0.05) is 19.9 Å². The molecule has 4 nitrogen and oxygen atoms in total. The molecule has 0 N–H and O–H groups in total. The third-order valence-electron chi connectivity index (χ3n) is 4.66. The van der Waals surface area contributed by atoms with Crippen molar-refractivity contribution in [1.29, 1.82) is 0 Å². The lowest BCUT2D eigenvalue weighted by Crippen LogP contribution is -2.13. The van der Waals surface area contributed by atoms with E-state index in [-0.39, 0.29) is 12.0 Å². The van der Waals surface area contributed by atoms with Crippen molar-refractivity contribution in [3.05, 3.63) is 46.5 Å². The highest BCUT2D eigenvalue weighted by atomic mass is 19.2. The summed E-state index contributed by atoms with van der Waals surface area (Å²) in [6.07, 6.45) is 1.57. The summed E-state index contributed by atoms with van der Waals surface area (Å²) in [6, 6.07) is 0.0798. The van der Waals surface area contributed by atoms with Gasteiger partial charge in [0.2, 0.25) is 0 Å². The van der Waals surface area contributed by atoms with E-state index in [2.05, 4.69) is 4.74 Å². The molecule has 142 valence electrons. The Morgan fingerprint density at radius 1 is 1.15 bits per heavy atom. The molecule has 1 aliphatic carbocycles. The van der Waals surface area contributed by atoms with E-state index in [0.717, 1.165) is 0 Å². The van der Waals surface area contributed by atoms with Gasteiger partial charge < -0.3 is 9.47 Å². The van der Waals surface area contributed by atoms with Crippen molar-refractivity contribution in [3.8, 4) is 0 Å². The van der Waals surface area contributed by atoms with Crippen LogP contribution in [0.4, 0.5) is 17.6 Å². The van der Waals surface area contributed by atoms with Crippen LogP contribution in [-0.4, -0.2) is 19.0 Å². The van der Waals surface area contributed by atoms with E-state index in [9.17, 15) is 27.2 Å². The zero-order valence-corrected chi connectivity index (χ0v) is 14.7. The van der Waals surface area contributed by atoms with Gasteiger partial charge in [0, 0.05) is 11.6 Å². The Morgan fingerprint density at radius 3 is 2.19 bits per heavy atom. The van der Waals surface area contributed by atoms with Crippen molar-refractivity contribution in [2.24, 2.45) is 17.3 Å². The largest absolute Gasteiger partial charge is 0.466 e. The zero-order chi connectivity index (χ0) is 19.8. The average Bonchev–Trinajstić information content (AvgIpc) is 3.12. The summed E-state index contributed by atoms with van der Waals surface area (Å²) >= 11 is 0. The first-order chi connectivity index (χ1) is 12.0. The van der Waals surface area contributed by atoms with Gasteiger partial charge in [-0.15, -0.1) is 0 Å². The second-order valence-electron chi connectivity index (χ2n) is 6.72. The second-order valence-corrected chi connectivity index (χ2v) is 6.72. The van der Waals surface area contributed by atoms with Gasteiger partial charge in [0.05, 0.1) is 18.6 Å². The molecular weight excluding hydrogens is 356 g/mol. The monoisotopic (exact) mass is 374 g/mol. The van der Waals surface area contributed by atoms with Crippen LogP contribution in [0.1, 0.15) is 26.3 Å². The fourth-order valence-corrected chi connectivity index (χ4v) is 2.92. The minimum Gasteiger partial charge on any atom is -0.466 e. The van der Waals surface area contributed by atoms with Gasteiger partial charge in [-0.3, -0.25) is 4.79 Å². The van der Waals surface area contributed by atoms with Crippen LogP contribution in [0.25, 0.3) is 0 Å². The van der Waals surface area contributed by atoms with Crippen molar-refractivity contribution >= 4 is 11.9 Å². The first-order valence-electron chi connectivity index (χ1n) is 7.77. The number of carbonyl (C=O) groups excluding carboxylic acids is 2. The van der Waals surface area contributed by atoms with E-state index in [1.807, 2.05) is 0 Å². The molecule has 0 aromatic heterocycles. The number of allylic oxidation sites excluding steroid dienone is 1. The number of hydrogen-bond acceptors (Lipinski definition) is 4. The first kappa shape index (κ1) is 19.9. The summed E-state index contributed by atoms with van der Waals surface area (Å²) < 4.78 is 63.0. The van der Waals surface area contributed by atoms with E-state index < -0.39 is 58.7 Å². The number of benzene rings is 1. The van der Waals surface area contributed by atoms with E-state index in [1.54, 1.807) is 19.9 Å². The Morgan fingerprint density at radius 2 is 1.69 bits per heavy atom. The van der Waals surface area contributed by atoms with E-state index >= 15 is 0 Å². The predicted octanol–water partition coefficient (Wildman–Crippen LogP) is 3.68. The Labute approximate surface area is 147 Å². The standard InChI is InChI=1S/C18H18F4O4/c1-8(16(23)25-4)5-10-13(18(10,2)3)17(24)26-7-9-14(21)11(19)6-12(20)15(9)22/h5-6,10,13H,7H2,1-4H3/b8-5+/t10-,13+/m1/s1.